The van der Waals surface area contributed by atoms with Gasteiger partial charge in [0, 0.05) is 0 Å². The number of rotatable bonds is 18. The maximum absolute atomic E-state index is 12.5. The summed E-state index contributed by atoms with van der Waals surface area (Å²) in [6.07, 6.45) is 8.18. The van der Waals surface area contributed by atoms with Gasteiger partial charge >= 0.3 is 11.9 Å². The molecule has 0 spiro atoms. The Bertz CT molecular complexity index is 989. The summed E-state index contributed by atoms with van der Waals surface area (Å²) in [4.78, 5) is 24.6. The van der Waals surface area contributed by atoms with Crippen LogP contribution in [0.5, 0.6) is 11.5 Å². The SMILES string of the molecule is CC[C@H](C)COC(=O)c1ccc(OC(=O)c2ccc(OCCCCCCCC[Si](C)(C)O[Si](C)C)cc2)cc1. The minimum Gasteiger partial charge on any atom is -0.494 e. The van der Waals surface area contributed by atoms with Crippen LogP contribution in [-0.2, 0) is 8.85 Å². The molecule has 0 unspecified atom stereocenters. The summed E-state index contributed by atoms with van der Waals surface area (Å²) in [5.41, 5.74) is 0.865. The average molecular weight is 572 g/mol. The molecule has 0 heterocycles. The van der Waals surface area contributed by atoms with Crippen molar-refractivity contribution in [1.29, 1.82) is 0 Å². The van der Waals surface area contributed by atoms with E-state index in [2.05, 4.69) is 33.1 Å². The fraction of sp³-hybridized carbons (Fsp3) is 0.548. The molecule has 2 aromatic rings. The molecule has 0 saturated heterocycles. The lowest BCUT2D eigenvalue weighted by Crippen LogP contribution is -2.34. The monoisotopic (exact) mass is 571 g/mol. The summed E-state index contributed by atoms with van der Waals surface area (Å²) >= 11 is 0. The van der Waals surface area contributed by atoms with Gasteiger partial charge in [-0.15, -0.1) is 0 Å². The predicted molar refractivity (Wildman–Crippen MR) is 162 cm³/mol. The van der Waals surface area contributed by atoms with Crippen molar-refractivity contribution in [2.75, 3.05) is 13.2 Å². The normalized spacial score (nSPS) is 12.3. The van der Waals surface area contributed by atoms with E-state index in [9.17, 15) is 9.59 Å². The van der Waals surface area contributed by atoms with Crippen molar-refractivity contribution in [2.24, 2.45) is 5.92 Å². The van der Waals surface area contributed by atoms with E-state index < -0.39 is 23.3 Å². The van der Waals surface area contributed by atoms with Gasteiger partial charge in [-0.2, -0.15) is 0 Å². The summed E-state index contributed by atoms with van der Waals surface area (Å²) in [6, 6.07) is 14.6. The van der Waals surface area contributed by atoms with Crippen molar-refractivity contribution in [3.63, 3.8) is 0 Å². The summed E-state index contributed by atoms with van der Waals surface area (Å²) in [5, 5.41) is 0. The molecular formula is C31H47O6Si2. The fourth-order valence-corrected chi connectivity index (χ4v) is 10.0. The third kappa shape index (κ3) is 13.5. The van der Waals surface area contributed by atoms with Gasteiger partial charge in [-0.3, -0.25) is 0 Å². The van der Waals surface area contributed by atoms with Gasteiger partial charge in [-0.1, -0.05) is 52.4 Å². The highest BCUT2D eigenvalue weighted by atomic mass is 28.4. The third-order valence-electron chi connectivity index (χ3n) is 6.51. The van der Waals surface area contributed by atoms with Gasteiger partial charge in [0.2, 0.25) is 0 Å². The molecule has 2 rings (SSSR count). The van der Waals surface area contributed by atoms with Crippen LogP contribution in [0.3, 0.4) is 0 Å². The summed E-state index contributed by atoms with van der Waals surface area (Å²) in [6.45, 7) is 14.3. The second kappa shape index (κ2) is 17.3. The number of carbonyl (C=O) groups excluding carboxylic acids is 2. The predicted octanol–water partition coefficient (Wildman–Crippen LogP) is 8.30. The zero-order chi connectivity index (χ0) is 28.7. The van der Waals surface area contributed by atoms with Crippen molar-refractivity contribution in [1.82, 2.24) is 0 Å². The molecule has 0 bridgehead atoms. The molecule has 1 atom stereocenters. The van der Waals surface area contributed by atoms with Gasteiger partial charge in [0.05, 0.1) is 24.3 Å². The van der Waals surface area contributed by atoms with Crippen LogP contribution in [-0.4, -0.2) is 42.5 Å². The standard InChI is InChI=1S/C31H47O6Si2/c1-7-25(2)24-35-30(32)26-16-20-29(21-17-26)36-31(33)27-14-18-28(19-15-27)34-22-12-10-8-9-11-13-23-39(5,6)37-38(3)4/h14-21,25H,7-13,22-24H2,1-6H3/t25-/m0/s1. The van der Waals surface area contributed by atoms with Gasteiger partial charge in [-0.05, 0) is 93.1 Å². The first-order valence-electron chi connectivity index (χ1n) is 14.3. The molecule has 0 aliphatic heterocycles. The highest BCUT2D eigenvalue weighted by molar-refractivity contribution is 6.77. The first kappa shape index (κ1) is 32.8. The molecule has 0 aliphatic carbocycles. The van der Waals surface area contributed by atoms with Crippen LogP contribution in [0.1, 0.15) is 79.5 Å². The van der Waals surface area contributed by atoms with Crippen LogP contribution >= 0.6 is 0 Å². The first-order chi connectivity index (χ1) is 18.6. The minimum atomic E-state index is -1.45. The Kier molecular flexibility index (Phi) is 14.5. The van der Waals surface area contributed by atoms with E-state index in [0.29, 0.717) is 36.0 Å². The second-order valence-corrected chi connectivity index (χ2v) is 17.7. The second-order valence-electron chi connectivity index (χ2n) is 11.0. The third-order valence-corrected chi connectivity index (χ3v) is 11.9. The number of unbranched alkanes of at least 4 members (excludes halogenated alkanes) is 5. The highest BCUT2D eigenvalue weighted by Gasteiger charge is 2.23. The largest absolute Gasteiger partial charge is 0.494 e. The van der Waals surface area contributed by atoms with Crippen LogP contribution in [0.2, 0.25) is 32.2 Å². The van der Waals surface area contributed by atoms with Gasteiger partial charge in [0.1, 0.15) is 11.5 Å². The van der Waals surface area contributed by atoms with Gasteiger partial charge < -0.3 is 18.3 Å². The molecule has 2 aromatic carbocycles. The molecule has 8 heteroatoms. The van der Waals surface area contributed by atoms with E-state index in [1.807, 2.05) is 6.92 Å². The molecule has 0 aliphatic rings. The minimum absolute atomic E-state index is 0.321. The molecule has 39 heavy (non-hydrogen) atoms. The molecule has 0 saturated carbocycles. The van der Waals surface area contributed by atoms with Gasteiger partial charge in [0.25, 0.3) is 0 Å². The zero-order valence-corrected chi connectivity index (χ0v) is 26.7. The maximum Gasteiger partial charge on any atom is 0.343 e. The molecule has 1 radical (unpaired) electrons. The van der Waals surface area contributed by atoms with Gasteiger partial charge in [-0.25, -0.2) is 9.59 Å². The smallest absolute Gasteiger partial charge is 0.343 e. The van der Waals surface area contributed by atoms with Crippen molar-refractivity contribution in [3.05, 3.63) is 59.7 Å². The lowest BCUT2D eigenvalue weighted by Gasteiger charge is -2.25. The molecule has 0 fully saturated rings. The highest BCUT2D eigenvalue weighted by Crippen LogP contribution is 2.20. The van der Waals surface area contributed by atoms with Crippen LogP contribution in [0.25, 0.3) is 0 Å². The van der Waals surface area contributed by atoms with E-state index in [4.69, 9.17) is 18.3 Å². The fourth-order valence-electron chi connectivity index (χ4n) is 4.08. The lowest BCUT2D eigenvalue weighted by molar-refractivity contribution is 0.0447. The molecule has 0 N–H and O–H groups in total. The summed E-state index contributed by atoms with van der Waals surface area (Å²) < 4.78 is 22.8. The first-order valence-corrected chi connectivity index (χ1v) is 19.8. The lowest BCUT2D eigenvalue weighted by atomic mass is 10.1. The Balaban J connectivity index is 1.63. The Morgan fingerprint density at radius 3 is 1.92 bits per heavy atom. The number of ether oxygens (including phenoxy) is 3. The van der Waals surface area contributed by atoms with Crippen LogP contribution in [0.4, 0.5) is 0 Å². The number of esters is 2. The van der Waals surface area contributed by atoms with Gasteiger partial charge in [0.15, 0.2) is 17.4 Å². The Labute approximate surface area is 238 Å². The summed E-state index contributed by atoms with van der Waals surface area (Å²) in [5.74, 6) is 0.595. The zero-order valence-electron chi connectivity index (χ0n) is 24.7. The average Bonchev–Trinajstić information content (AvgIpc) is 2.90. The van der Waals surface area contributed by atoms with Crippen LogP contribution in [0.15, 0.2) is 48.5 Å². The Hall–Kier alpha value is -2.43. The van der Waals surface area contributed by atoms with Crippen molar-refractivity contribution in [3.8, 4) is 11.5 Å². The molecule has 0 aromatic heterocycles. The number of hydrogen-bond donors (Lipinski definition) is 0. The Morgan fingerprint density at radius 2 is 1.33 bits per heavy atom. The summed E-state index contributed by atoms with van der Waals surface area (Å²) in [7, 11) is -2.03. The van der Waals surface area contributed by atoms with Crippen LogP contribution in [0, 0.1) is 5.92 Å². The number of hydrogen-bond acceptors (Lipinski definition) is 6. The van der Waals surface area contributed by atoms with Crippen molar-refractivity contribution in [2.45, 2.75) is 91.0 Å². The van der Waals surface area contributed by atoms with Crippen molar-refractivity contribution < 1.29 is 27.9 Å². The van der Waals surface area contributed by atoms with E-state index in [1.165, 1.54) is 31.7 Å². The van der Waals surface area contributed by atoms with E-state index in [1.54, 1.807) is 48.5 Å². The van der Waals surface area contributed by atoms with E-state index in [0.717, 1.165) is 25.0 Å². The Morgan fingerprint density at radius 1 is 0.795 bits per heavy atom. The topological polar surface area (TPSA) is 71.1 Å². The molecule has 6 nitrogen and oxygen atoms in total. The van der Waals surface area contributed by atoms with E-state index in [-0.39, 0.29) is 5.97 Å². The van der Waals surface area contributed by atoms with E-state index >= 15 is 0 Å². The molecular weight excluding hydrogens is 525 g/mol. The quantitative estimate of drug-likeness (QED) is 0.0776. The molecule has 0 amide bonds. The maximum atomic E-state index is 12.5. The van der Waals surface area contributed by atoms with Crippen LogP contribution < -0.4 is 9.47 Å². The van der Waals surface area contributed by atoms with Crippen molar-refractivity contribution >= 4 is 29.3 Å². The molecule has 215 valence electrons. The number of carbonyl (C=O) groups is 2. The number of benzene rings is 2.